The number of carbonyl (C=O) groups excluding carboxylic acids is 1. The maximum absolute atomic E-state index is 10.7. The predicted molar refractivity (Wildman–Crippen MR) is 48.7 cm³/mol. The molecule has 0 bridgehead atoms. The molecule has 0 saturated heterocycles. The van der Waals surface area contributed by atoms with Crippen molar-refractivity contribution in [2.24, 2.45) is 0 Å². The van der Waals surface area contributed by atoms with Gasteiger partial charge in [-0.2, -0.15) is 5.26 Å². The highest BCUT2D eigenvalue weighted by atomic mass is 16.5. The lowest BCUT2D eigenvalue weighted by molar-refractivity contribution is 0.156. The highest BCUT2D eigenvalue weighted by Gasteiger charge is 1.92. The van der Waals surface area contributed by atoms with E-state index in [9.17, 15) is 4.79 Å². The Morgan fingerprint density at radius 3 is 2.92 bits per heavy atom. The number of amides is 1. The molecule has 0 aliphatic carbocycles. The van der Waals surface area contributed by atoms with Crippen molar-refractivity contribution < 1.29 is 9.53 Å². The van der Waals surface area contributed by atoms with E-state index < -0.39 is 6.09 Å². The van der Waals surface area contributed by atoms with E-state index in [0.717, 1.165) is 0 Å². The number of carbonyl (C=O) groups is 1. The monoisotopic (exact) mass is 180 g/mol. The molecule has 0 unspecified atom stereocenters. The molecule has 4 nitrogen and oxygen atoms in total. The van der Waals surface area contributed by atoms with Crippen LogP contribution in [0.15, 0.2) is 23.9 Å². The molecular weight excluding hydrogens is 168 g/mol. The summed E-state index contributed by atoms with van der Waals surface area (Å²) in [7, 11) is 0. The summed E-state index contributed by atoms with van der Waals surface area (Å²) < 4.78 is 4.59. The van der Waals surface area contributed by atoms with Gasteiger partial charge in [0.05, 0.1) is 12.7 Å². The van der Waals surface area contributed by atoms with Crippen LogP contribution in [0.1, 0.15) is 13.8 Å². The minimum absolute atomic E-state index is 0.340. The maximum atomic E-state index is 10.7. The van der Waals surface area contributed by atoms with Crippen LogP contribution in [0.25, 0.3) is 0 Å². The van der Waals surface area contributed by atoms with Gasteiger partial charge in [0.25, 0.3) is 0 Å². The molecule has 0 fully saturated rings. The van der Waals surface area contributed by atoms with Gasteiger partial charge in [-0.05, 0) is 26.0 Å². The van der Waals surface area contributed by atoms with E-state index in [-0.39, 0.29) is 0 Å². The Morgan fingerprint density at radius 1 is 1.69 bits per heavy atom. The fourth-order valence-corrected chi connectivity index (χ4v) is 0.519. The number of hydrogen-bond acceptors (Lipinski definition) is 3. The Bertz CT molecular complexity index is 261. The third-order valence-electron chi connectivity index (χ3n) is 1.10. The Hall–Kier alpha value is -1.76. The van der Waals surface area contributed by atoms with Gasteiger partial charge in [-0.15, -0.1) is 0 Å². The second-order valence-corrected chi connectivity index (χ2v) is 2.19. The second kappa shape index (κ2) is 6.92. The number of alkyl carbamates (subject to hydrolysis) is 1. The summed E-state index contributed by atoms with van der Waals surface area (Å²) in [6.45, 7) is 3.74. The first-order valence-electron chi connectivity index (χ1n) is 3.87. The number of allylic oxidation sites excluding steroid dienone is 3. The van der Waals surface area contributed by atoms with Crippen LogP contribution in [0.4, 0.5) is 4.79 Å². The van der Waals surface area contributed by atoms with Crippen molar-refractivity contribution in [3.63, 3.8) is 0 Å². The fraction of sp³-hybridized carbons (Fsp3) is 0.333. The molecule has 0 heterocycles. The highest BCUT2D eigenvalue weighted by Crippen LogP contribution is 1.88. The maximum Gasteiger partial charge on any atom is 0.411 e. The van der Waals surface area contributed by atoms with E-state index in [4.69, 9.17) is 5.26 Å². The topological polar surface area (TPSA) is 62.1 Å². The Morgan fingerprint density at radius 2 is 2.38 bits per heavy atom. The minimum atomic E-state index is -0.498. The van der Waals surface area contributed by atoms with Gasteiger partial charge >= 0.3 is 6.09 Å². The van der Waals surface area contributed by atoms with E-state index in [1.807, 2.05) is 6.07 Å². The lowest BCUT2D eigenvalue weighted by Gasteiger charge is -1.97. The standard InChI is InChI=1S/C9H12N2O2/c1-3-13-9(12)11-6-4-5-8(2)7-10/h4-6H,3H2,1-2H3,(H,11,12)/b6-4-,8-5-. The van der Waals surface area contributed by atoms with Crippen LogP contribution in [-0.4, -0.2) is 12.7 Å². The van der Waals surface area contributed by atoms with Crippen molar-refractivity contribution in [3.8, 4) is 6.07 Å². The summed E-state index contributed by atoms with van der Waals surface area (Å²) in [5.41, 5.74) is 0.571. The van der Waals surface area contributed by atoms with Crippen LogP contribution in [-0.2, 0) is 4.74 Å². The van der Waals surface area contributed by atoms with Crippen molar-refractivity contribution in [1.82, 2.24) is 5.32 Å². The van der Waals surface area contributed by atoms with E-state index in [2.05, 4.69) is 10.1 Å². The summed E-state index contributed by atoms with van der Waals surface area (Å²) in [6.07, 6.45) is 4.07. The van der Waals surface area contributed by atoms with Crippen LogP contribution in [0.3, 0.4) is 0 Å². The smallest absolute Gasteiger partial charge is 0.411 e. The first-order chi connectivity index (χ1) is 6.20. The molecule has 0 aliphatic rings. The summed E-state index contributed by atoms with van der Waals surface area (Å²) in [5, 5.41) is 10.7. The number of hydrogen-bond donors (Lipinski definition) is 1. The van der Waals surface area contributed by atoms with Crippen molar-refractivity contribution in [2.75, 3.05) is 6.61 Å². The molecule has 0 atom stereocenters. The van der Waals surface area contributed by atoms with Gasteiger partial charge < -0.3 is 4.74 Å². The molecular formula is C9H12N2O2. The van der Waals surface area contributed by atoms with Crippen molar-refractivity contribution in [3.05, 3.63) is 23.9 Å². The van der Waals surface area contributed by atoms with Gasteiger partial charge in [0.15, 0.2) is 0 Å². The Kier molecular flexibility index (Phi) is 5.98. The molecule has 0 aromatic rings. The predicted octanol–water partition coefficient (Wildman–Crippen LogP) is 1.72. The first-order valence-corrected chi connectivity index (χ1v) is 3.87. The summed E-state index contributed by atoms with van der Waals surface area (Å²) >= 11 is 0. The van der Waals surface area contributed by atoms with E-state index in [1.54, 1.807) is 26.0 Å². The molecule has 0 spiro atoms. The number of nitriles is 1. The van der Waals surface area contributed by atoms with Crippen molar-refractivity contribution in [2.45, 2.75) is 13.8 Å². The van der Waals surface area contributed by atoms with Crippen LogP contribution in [0.2, 0.25) is 0 Å². The van der Waals surface area contributed by atoms with Gasteiger partial charge in [0.1, 0.15) is 0 Å². The second-order valence-electron chi connectivity index (χ2n) is 2.19. The number of ether oxygens (including phenoxy) is 1. The fourth-order valence-electron chi connectivity index (χ4n) is 0.519. The van der Waals surface area contributed by atoms with Crippen LogP contribution >= 0.6 is 0 Å². The van der Waals surface area contributed by atoms with Crippen molar-refractivity contribution in [1.29, 1.82) is 5.26 Å². The molecule has 0 aliphatic heterocycles. The molecule has 70 valence electrons. The van der Waals surface area contributed by atoms with Gasteiger partial charge in [-0.3, -0.25) is 5.32 Å². The average Bonchev–Trinajstić information content (AvgIpc) is 2.12. The molecule has 0 aromatic carbocycles. The molecule has 13 heavy (non-hydrogen) atoms. The van der Waals surface area contributed by atoms with E-state index in [1.165, 1.54) is 6.20 Å². The van der Waals surface area contributed by atoms with Crippen LogP contribution in [0.5, 0.6) is 0 Å². The number of nitrogens with zero attached hydrogens (tertiary/aromatic N) is 1. The third kappa shape index (κ3) is 6.63. The third-order valence-corrected chi connectivity index (χ3v) is 1.10. The average molecular weight is 180 g/mol. The molecule has 1 amide bonds. The summed E-state index contributed by atoms with van der Waals surface area (Å²) in [6, 6.07) is 1.94. The normalized spacial score (nSPS) is 11.0. The zero-order valence-electron chi connectivity index (χ0n) is 7.70. The number of nitrogens with one attached hydrogen (secondary N) is 1. The highest BCUT2D eigenvalue weighted by molar-refractivity contribution is 5.68. The Balaban J connectivity index is 3.77. The van der Waals surface area contributed by atoms with Crippen molar-refractivity contribution >= 4 is 6.09 Å². The summed E-state index contributed by atoms with van der Waals surface area (Å²) in [4.78, 5) is 10.7. The molecule has 0 aromatic heterocycles. The minimum Gasteiger partial charge on any atom is -0.450 e. The lowest BCUT2D eigenvalue weighted by Crippen LogP contribution is -2.17. The zero-order chi connectivity index (χ0) is 10.1. The van der Waals surface area contributed by atoms with Gasteiger partial charge in [-0.25, -0.2) is 4.79 Å². The number of rotatable bonds is 3. The first kappa shape index (κ1) is 11.2. The molecule has 4 heteroatoms. The molecule has 1 N–H and O–H groups in total. The van der Waals surface area contributed by atoms with E-state index >= 15 is 0 Å². The Labute approximate surface area is 77.5 Å². The molecule has 0 radical (unpaired) electrons. The molecule has 0 saturated carbocycles. The van der Waals surface area contributed by atoms with E-state index in [0.29, 0.717) is 12.2 Å². The van der Waals surface area contributed by atoms with Gasteiger partial charge in [0, 0.05) is 11.8 Å². The zero-order valence-corrected chi connectivity index (χ0v) is 7.70. The van der Waals surface area contributed by atoms with Gasteiger partial charge in [-0.1, -0.05) is 0 Å². The lowest BCUT2D eigenvalue weighted by atomic mass is 10.3. The molecule has 0 rings (SSSR count). The largest absolute Gasteiger partial charge is 0.450 e. The summed E-state index contributed by atoms with van der Waals surface area (Å²) in [5.74, 6) is 0. The van der Waals surface area contributed by atoms with Crippen LogP contribution < -0.4 is 5.32 Å². The van der Waals surface area contributed by atoms with Gasteiger partial charge in [0.2, 0.25) is 0 Å². The SMILES string of the molecule is CCOC(=O)N/C=C\C=C(\C)C#N. The van der Waals surface area contributed by atoms with Crippen LogP contribution in [0, 0.1) is 11.3 Å². The quantitative estimate of drug-likeness (QED) is 0.531.